The van der Waals surface area contributed by atoms with E-state index in [1.807, 2.05) is 26.2 Å². The molecule has 0 aliphatic carbocycles. The number of benzene rings is 1. The molecule has 1 aromatic rings. The molecule has 1 aromatic carbocycles. The van der Waals surface area contributed by atoms with Crippen molar-refractivity contribution in [2.75, 3.05) is 38.6 Å². The standard InChI is InChI=1S/C19H32N4O/c1-16-8-4-5-12-23(16)13-7-11-20-19(24)21-15-17-9-6-10-18(14-17)22(2)3/h6,9-10,14,16H,4-5,7-8,11-13,15H2,1-3H3,(H2,20,21,24). The van der Waals surface area contributed by atoms with Crippen LogP contribution in [-0.4, -0.2) is 50.7 Å². The second-order valence-corrected chi connectivity index (χ2v) is 6.91. The molecule has 1 saturated heterocycles. The normalized spacial score (nSPS) is 18.2. The molecule has 1 atom stereocenters. The van der Waals surface area contributed by atoms with Crippen LogP contribution in [0.1, 0.15) is 38.2 Å². The summed E-state index contributed by atoms with van der Waals surface area (Å²) in [6.45, 7) is 5.87. The van der Waals surface area contributed by atoms with E-state index in [0.29, 0.717) is 12.6 Å². The Labute approximate surface area is 146 Å². The molecular formula is C19H32N4O. The molecule has 0 saturated carbocycles. The first-order valence-corrected chi connectivity index (χ1v) is 9.08. The fourth-order valence-electron chi connectivity index (χ4n) is 3.16. The van der Waals surface area contributed by atoms with Crippen LogP contribution in [0.2, 0.25) is 0 Å². The number of amides is 2. The Balaban J connectivity index is 1.62. The van der Waals surface area contributed by atoms with Gasteiger partial charge in [0.2, 0.25) is 0 Å². The lowest BCUT2D eigenvalue weighted by atomic mass is 10.0. The summed E-state index contributed by atoms with van der Waals surface area (Å²) < 4.78 is 0. The molecule has 5 heteroatoms. The summed E-state index contributed by atoms with van der Waals surface area (Å²) in [4.78, 5) is 16.5. The van der Waals surface area contributed by atoms with Crippen LogP contribution in [0, 0.1) is 0 Å². The molecule has 1 aliphatic rings. The number of anilines is 1. The number of nitrogens with one attached hydrogen (secondary N) is 2. The monoisotopic (exact) mass is 332 g/mol. The number of hydrogen-bond donors (Lipinski definition) is 2. The van der Waals surface area contributed by atoms with Gasteiger partial charge in [0.15, 0.2) is 0 Å². The van der Waals surface area contributed by atoms with Crippen molar-refractivity contribution in [3.05, 3.63) is 29.8 Å². The van der Waals surface area contributed by atoms with Gasteiger partial charge in [0.05, 0.1) is 0 Å². The summed E-state index contributed by atoms with van der Waals surface area (Å²) >= 11 is 0. The maximum Gasteiger partial charge on any atom is 0.315 e. The van der Waals surface area contributed by atoms with Crippen LogP contribution in [0.5, 0.6) is 0 Å². The largest absolute Gasteiger partial charge is 0.378 e. The maximum atomic E-state index is 11.9. The van der Waals surface area contributed by atoms with Gasteiger partial charge < -0.3 is 20.4 Å². The van der Waals surface area contributed by atoms with Crippen molar-refractivity contribution < 1.29 is 4.79 Å². The Kier molecular flexibility index (Phi) is 7.37. The summed E-state index contributed by atoms with van der Waals surface area (Å²) in [5, 5.41) is 5.89. The quantitative estimate of drug-likeness (QED) is 0.755. The van der Waals surface area contributed by atoms with Crippen molar-refractivity contribution in [1.29, 1.82) is 0 Å². The number of carbonyl (C=O) groups excluding carboxylic acids is 1. The highest BCUT2D eigenvalue weighted by Crippen LogP contribution is 2.16. The number of rotatable bonds is 7. The molecule has 134 valence electrons. The van der Waals surface area contributed by atoms with Gasteiger partial charge in [-0.2, -0.15) is 0 Å². The first-order valence-electron chi connectivity index (χ1n) is 9.08. The molecule has 1 fully saturated rings. The van der Waals surface area contributed by atoms with E-state index in [1.54, 1.807) is 0 Å². The Morgan fingerprint density at radius 1 is 1.29 bits per heavy atom. The fourth-order valence-corrected chi connectivity index (χ4v) is 3.16. The second kappa shape index (κ2) is 9.52. The van der Waals surface area contributed by atoms with Gasteiger partial charge >= 0.3 is 6.03 Å². The third-order valence-electron chi connectivity index (χ3n) is 4.73. The predicted octanol–water partition coefficient (Wildman–Crippen LogP) is 2.82. The molecule has 1 aliphatic heterocycles. The van der Waals surface area contributed by atoms with E-state index in [1.165, 1.54) is 25.8 Å². The van der Waals surface area contributed by atoms with Crippen LogP contribution in [0.15, 0.2) is 24.3 Å². The number of likely N-dealkylation sites (tertiary alicyclic amines) is 1. The molecule has 1 unspecified atom stereocenters. The van der Waals surface area contributed by atoms with Gasteiger partial charge in [0.25, 0.3) is 0 Å². The number of urea groups is 1. The first-order chi connectivity index (χ1) is 11.6. The summed E-state index contributed by atoms with van der Waals surface area (Å²) in [7, 11) is 4.03. The molecule has 2 rings (SSSR count). The first kappa shape index (κ1) is 18.6. The molecule has 0 bridgehead atoms. The predicted molar refractivity (Wildman–Crippen MR) is 101 cm³/mol. The zero-order valence-electron chi connectivity index (χ0n) is 15.3. The average molecular weight is 332 g/mol. The number of nitrogens with zero attached hydrogens (tertiary/aromatic N) is 2. The minimum absolute atomic E-state index is 0.0862. The lowest BCUT2D eigenvalue weighted by Gasteiger charge is -2.33. The van der Waals surface area contributed by atoms with Crippen LogP contribution in [0.3, 0.4) is 0 Å². The fraction of sp³-hybridized carbons (Fsp3) is 0.632. The van der Waals surface area contributed by atoms with Crippen LogP contribution in [0.4, 0.5) is 10.5 Å². The highest BCUT2D eigenvalue weighted by atomic mass is 16.2. The van der Waals surface area contributed by atoms with Gasteiger partial charge in [-0.25, -0.2) is 4.79 Å². The average Bonchev–Trinajstić information content (AvgIpc) is 2.58. The van der Waals surface area contributed by atoms with Gasteiger partial charge in [0.1, 0.15) is 0 Å². The smallest absolute Gasteiger partial charge is 0.315 e. The van der Waals surface area contributed by atoms with Crippen molar-refractivity contribution in [2.45, 2.75) is 45.2 Å². The summed E-state index contributed by atoms with van der Waals surface area (Å²) in [5.74, 6) is 0. The zero-order chi connectivity index (χ0) is 17.4. The molecule has 0 spiro atoms. The summed E-state index contributed by atoms with van der Waals surface area (Å²) in [6, 6.07) is 8.81. The van der Waals surface area contributed by atoms with E-state index in [-0.39, 0.29) is 6.03 Å². The van der Waals surface area contributed by atoms with Crippen molar-refractivity contribution in [2.24, 2.45) is 0 Å². The third-order valence-corrected chi connectivity index (χ3v) is 4.73. The Morgan fingerprint density at radius 2 is 2.12 bits per heavy atom. The molecule has 2 amide bonds. The molecule has 2 N–H and O–H groups in total. The SMILES string of the molecule is CC1CCCCN1CCCNC(=O)NCc1cccc(N(C)C)c1. The van der Waals surface area contributed by atoms with Crippen LogP contribution in [-0.2, 0) is 6.54 Å². The van der Waals surface area contributed by atoms with Gasteiger partial charge in [0, 0.05) is 45.5 Å². The van der Waals surface area contributed by atoms with E-state index >= 15 is 0 Å². The molecule has 0 radical (unpaired) electrons. The Morgan fingerprint density at radius 3 is 2.88 bits per heavy atom. The third kappa shape index (κ3) is 6.04. The molecule has 0 aromatic heterocycles. The van der Waals surface area contributed by atoms with Gasteiger partial charge in [-0.1, -0.05) is 18.6 Å². The highest BCUT2D eigenvalue weighted by molar-refractivity contribution is 5.73. The van der Waals surface area contributed by atoms with E-state index in [9.17, 15) is 4.79 Å². The number of piperidine rings is 1. The van der Waals surface area contributed by atoms with Crippen molar-refractivity contribution in [3.63, 3.8) is 0 Å². The minimum Gasteiger partial charge on any atom is -0.378 e. The van der Waals surface area contributed by atoms with Crippen molar-refractivity contribution in [3.8, 4) is 0 Å². The zero-order valence-corrected chi connectivity index (χ0v) is 15.3. The maximum absolute atomic E-state index is 11.9. The van der Waals surface area contributed by atoms with Gasteiger partial charge in [-0.15, -0.1) is 0 Å². The van der Waals surface area contributed by atoms with Gasteiger partial charge in [-0.3, -0.25) is 0 Å². The van der Waals surface area contributed by atoms with Crippen LogP contribution in [0.25, 0.3) is 0 Å². The molecule has 24 heavy (non-hydrogen) atoms. The molecule has 5 nitrogen and oxygen atoms in total. The Bertz CT molecular complexity index is 518. The Hall–Kier alpha value is -1.75. The van der Waals surface area contributed by atoms with Crippen LogP contribution >= 0.6 is 0 Å². The van der Waals surface area contributed by atoms with Gasteiger partial charge in [-0.05, 0) is 50.4 Å². The topological polar surface area (TPSA) is 47.6 Å². The lowest BCUT2D eigenvalue weighted by molar-refractivity contribution is 0.159. The number of carbonyl (C=O) groups is 1. The highest BCUT2D eigenvalue weighted by Gasteiger charge is 2.17. The molecule has 1 heterocycles. The van der Waals surface area contributed by atoms with E-state index in [0.717, 1.165) is 30.8 Å². The summed E-state index contributed by atoms with van der Waals surface area (Å²) in [6.07, 6.45) is 4.98. The lowest BCUT2D eigenvalue weighted by Crippen LogP contribution is -2.40. The van der Waals surface area contributed by atoms with E-state index in [2.05, 4.69) is 39.5 Å². The van der Waals surface area contributed by atoms with Crippen molar-refractivity contribution in [1.82, 2.24) is 15.5 Å². The van der Waals surface area contributed by atoms with Crippen LogP contribution < -0.4 is 15.5 Å². The van der Waals surface area contributed by atoms with E-state index < -0.39 is 0 Å². The second-order valence-electron chi connectivity index (χ2n) is 6.91. The van der Waals surface area contributed by atoms with E-state index in [4.69, 9.17) is 0 Å². The summed E-state index contributed by atoms with van der Waals surface area (Å²) in [5.41, 5.74) is 2.25. The number of hydrogen-bond acceptors (Lipinski definition) is 3. The van der Waals surface area contributed by atoms with Crippen molar-refractivity contribution >= 4 is 11.7 Å². The molecular weight excluding hydrogens is 300 g/mol. The minimum atomic E-state index is -0.0862.